The monoisotopic (exact) mass is 299 g/mol. The summed E-state index contributed by atoms with van der Waals surface area (Å²) in [4.78, 5) is 16.8. The van der Waals surface area contributed by atoms with Gasteiger partial charge in [0.2, 0.25) is 5.91 Å². The van der Waals surface area contributed by atoms with Gasteiger partial charge in [-0.05, 0) is 20.8 Å². The molecule has 0 aliphatic carbocycles. The lowest BCUT2D eigenvalue weighted by Crippen LogP contribution is -2.29. The van der Waals surface area contributed by atoms with Crippen molar-refractivity contribution in [3.63, 3.8) is 0 Å². The predicted octanol–water partition coefficient (Wildman–Crippen LogP) is 1.96. The number of hydrogen-bond donors (Lipinski definition) is 2. The number of halogens is 2. The van der Waals surface area contributed by atoms with Crippen LogP contribution in [0.2, 0.25) is 0 Å². The van der Waals surface area contributed by atoms with Crippen molar-refractivity contribution in [2.24, 2.45) is 5.73 Å². The second kappa shape index (κ2) is 8.69. The summed E-state index contributed by atoms with van der Waals surface area (Å²) < 4.78 is 0. The van der Waals surface area contributed by atoms with E-state index in [1.807, 2.05) is 20.8 Å². The Morgan fingerprint density at radius 2 is 2.06 bits per heavy atom. The molecule has 0 spiro atoms. The summed E-state index contributed by atoms with van der Waals surface area (Å²) in [6.07, 6.45) is 0.364. The fraction of sp³-hybridized carbons (Fsp3) is 0.600. The molecule has 1 aromatic rings. The van der Waals surface area contributed by atoms with Gasteiger partial charge in [0.1, 0.15) is 5.01 Å². The molecular weight excluding hydrogens is 281 g/mol. The summed E-state index contributed by atoms with van der Waals surface area (Å²) in [5, 5.41) is 3.75. The number of carbonyl (C=O) groups excluding carboxylic acids is 1. The van der Waals surface area contributed by atoms with Crippen LogP contribution in [-0.4, -0.2) is 16.9 Å². The first-order chi connectivity index (χ1) is 6.99. The maximum Gasteiger partial charge on any atom is 0.221 e. The molecule has 1 amide bonds. The first-order valence-electron chi connectivity index (χ1n) is 4.94. The Balaban J connectivity index is 0. The highest BCUT2D eigenvalue weighted by Gasteiger charge is 2.07. The highest BCUT2D eigenvalue weighted by atomic mass is 35.5. The van der Waals surface area contributed by atoms with Gasteiger partial charge in [0.05, 0.1) is 12.2 Å². The third kappa shape index (κ3) is 6.83. The lowest BCUT2D eigenvalue weighted by Gasteiger charge is -2.05. The first kappa shape index (κ1) is 19.0. The number of rotatable bonds is 4. The summed E-state index contributed by atoms with van der Waals surface area (Å²) in [7, 11) is 0. The molecular formula is C10H19Cl2N3OS. The third-order valence-corrected chi connectivity index (χ3v) is 3.09. The summed E-state index contributed by atoms with van der Waals surface area (Å²) in [6, 6.07) is -0.0928. The number of amides is 1. The van der Waals surface area contributed by atoms with Crippen molar-refractivity contribution in [1.82, 2.24) is 10.3 Å². The Bertz CT molecular complexity index is 336. The predicted molar refractivity (Wildman–Crippen MR) is 76.2 cm³/mol. The van der Waals surface area contributed by atoms with Crippen LogP contribution in [0.5, 0.6) is 0 Å². The van der Waals surface area contributed by atoms with Crippen LogP contribution < -0.4 is 11.1 Å². The van der Waals surface area contributed by atoms with Crippen molar-refractivity contribution < 1.29 is 4.79 Å². The minimum absolute atomic E-state index is 0. The van der Waals surface area contributed by atoms with E-state index in [9.17, 15) is 4.79 Å². The van der Waals surface area contributed by atoms with Gasteiger partial charge in [0.25, 0.3) is 0 Å². The van der Waals surface area contributed by atoms with E-state index in [2.05, 4.69) is 10.3 Å². The Morgan fingerprint density at radius 3 is 2.47 bits per heavy atom. The molecule has 17 heavy (non-hydrogen) atoms. The highest BCUT2D eigenvalue weighted by molar-refractivity contribution is 7.11. The number of nitrogens with two attached hydrogens (primary N) is 1. The van der Waals surface area contributed by atoms with Crippen molar-refractivity contribution in [2.45, 2.75) is 39.8 Å². The van der Waals surface area contributed by atoms with Crippen molar-refractivity contribution in [2.75, 3.05) is 0 Å². The molecule has 0 aromatic carbocycles. The Labute approximate surface area is 118 Å². The molecule has 0 saturated carbocycles. The molecule has 7 heteroatoms. The van der Waals surface area contributed by atoms with Gasteiger partial charge in [0.15, 0.2) is 0 Å². The molecule has 1 rings (SSSR count). The van der Waals surface area contributed by atoms with Gasteiger partial charge in [-0.25, -0.2) is 4.98 Å². The maximum atomic E-state index is 11.3. The Kier molecular flexibility index (Phi) is 9.71. The van der Waals surface area contributed by atoms with Gasteiger partial charge in [-0.1, -0.05) is 0 Å². The van der Waals surface area contributed by atoms with Gasteiger partial charge in [-0.2, -0.15) is 0 Å². The fourth-order valence-electron chi connectivity index (χ4n) is 1.15. The third-order valence-electron chi connectivity index (χ3n) is 2.02. The van der Waals surface area contributed by atoms with Crippen LogP contribution in [0.4, 0.5) is 0 Å². The molecule has 100 valence electrons. The number of nitrogens with one attached hydrogen (secondary N) is 1. The van der Waals surface area contributed by atoms with Crippen molar-refractivity contribution in [3.05, 3.63) is 15.6 Å². The SMILES string of the molecule is Cc1nc(CNC(=O)CC(C)N)sc1C.Cl.Cl. The summed E-state index contributed by atoms with van der Waals surface area (Å²) in [5.74, 6) is -0.0180. The van der Waals surface area contributed by atoms with E-state index in [1.165, 1.54) is 4.88 Å². The smallest absolute Gasteiger partial charge is 0.221 e. The molecule has 0 fully saturated rings. The lowest BCUT2D eigenvalue weighted by molar-refractivity contribution is -0.121. The molecule has 1 heterocycles. The summed E-state index contributed by atoms with van der Waals surface area (Å²) in [5.41, 5.74) is 6.56. The van der Waals surface area contributed by atoms with E-state index >= 15 is 0 Å². The molecule has 0 radical (unpaired) electrons. The van der Waals surface area contributed by atoms with Crippen LogP contribution in [0.3, 0.4) is 0 Å². The second-order valence-electron chi connectivity index (χ2n) is 3.71. The van der Waals surface area contributed by atoms with Crippen molar-refractivity contribution in [3.8, 4) is 0 Å². The van der Waals surface area contributed by atoms with Crippen LogP contribution in [0, 0.1) is 13.8 Å². The zero-order valence-electron chi connectivity index (χ0n) is 10.1. The molecule has 0 aliphatic rings. The van der Waals surface area contributed by atoms with Crippen LogP contribution in [-0.2, 0) is 11.3 Å². The first-order valence-corrected chi connectivity index (χ1v) is 5.76. The van der Waals surface area contributed by atoms with E-state index in [-0.39, 0.29) is 36.8 Å². The zero-order valence-corrected chi connectivity index (χ0v) is 12.6. The fourth-order valence-corrected chi connectivity index (χ4v) is 2.03. The van der Waals surface area contributed by atoms with Crippen LogP contribution in [0.1, 0.15) is 28.9 Å². The second-order valence-corrected chi connectivity index (χ2v) is 5.00. The van der Waals surface area contributed by atoms with Gasteiger partial charge in [-0.3, -0.25) is 4.79 Å². The van der Waals surface area contributed by atoms with E-state index < -0.39 is 0 Å². The minimum atomic E-state index is -0.0928. The normalized spacial score (nSPS) is 11.1. The topological polar surface area (TPSA) is 68.0 Å². The maximum absolute atomic E-state index is 11.3. The van der Waals surface area contributed by atoms with Crippen LogP contribution >= 0.6 is 36.2 Å². The Hall–Kier alpha value is -0.360. The lowest BCUT2D eigenvalue weighted by atomic mass is 10.2. The minimum Gasteiger partial charge on any atom is -0.350 e. The number of hydrogen-bond acceptors (Lipinski definition) is 4. The Morgan fingerprint density at radius 1 is 1.47 bits per heavy atom. The average Bonchev–Trinajstić information content (AvgIpc) is 2.42. The van der Waals surface area contributed by atoms with E-state index in [0.717, 1.165) is 10.7 Å². The van der Waals surface area contributed by atoms with Crippen LogP contribution in [0.15, 0.2) is 0 Å². The number of nitrogens with zero attached hydrogens (tertiary/aromatic N) is 1. The van der Waals surface area contributed by atoms with Crippen LogP contribution in [0.25, 0.3) is 0 Å². The molecule has 3 N–H and O–H groups in total. The number of aryl methyl sites for hydroxylation is 2. The number of aromatic nitrogens is 1. The molecule has 0 saturated heterocycles. The zero-order chi connectivity index (χ0) is 11.4. The number of thiazole rings is 1. The quantitative estimate of drug-likeness (QED) is 0.893. The van der Waals surface area contributed by atoms with Gasteiger partial charge in [0, 0.05) is 17.3 Å². The standard InChI is InChI=1S/C10H17N3OS.2ClH/c1-6(11)4-9(14)12-5-10-13-7(2)8(3)15-10;;/h6H,4-5,11H2,1-3H3,(H,12,14);2*1H. The molecule has 1 aromatic heterocycles. The average molecular weight is 300 g/mol. The van der Waals surface area contributed by atoms with Gasteiger partial charge in [-0.15, -0.1) is 36.2 Å². The van der Waals surface area contributed by atoms with Crippen molar-refractivity contribution in [1.29, 1.82) is 0 Å². The summed E-state index contributed by atoms with van der Waals surface area (Å²) >= 11 is 1.62. The van der Waals surface area contributed by atoms with Crippen molar-refractivity contribution >= 4 is 42.1 Å². The molecule has 4 nitrogen and oxygen atoms in total. The molecule has 1 atom stereocenters. The highest BCUT2D eigenvalue weighted by Crippen LogP contribution is 2.15. The number of carbonyl (C=O) groups is 1. The summed E-state index contributed by atoms with van der Waals surface area (Å²) in [6.45, 7) is 6.32. The van der Waals surface area contributed by atoms with E-state index in [4.69, 9.17) is 5.73 Å². The molecule has 0 aliphatic heterocycles. The van der Waals surface area contributed by atoms with E-state index in [1.54, 1.807) is 11.3 Å². The molecule has 0 bridgehead atoms. The van der Waals surface area contributed by atoms with Gasteiger partial charge < -0.3 is 11.1 Å². The largest absolute Gasteiger partial charge is 0.350 e. The van der Waals surface area contributed by atoms with E-state index in [0.29, 0.717) is 13.0 Å². The molecule has 1 unspecified atom stereocenters. The van der Waals surface area contributed by atoms with Gasteiger partial charge >= 0.3 is 0 Å².